The topological polar surface area (TPSA) is 12.9 Å². The number of benzene rings is 2. The minimum absolute atomic E-state index is 0.296. The molecule has 122 valence electrons. The second kappa shape index (κ2) is 6.90. The van der Waals surface area contributed by atoms with Gasteiger partial charge in [-0.05, 0) is 0 Å². The van der Waals surface area contributed by atoms with Crippen LogP contribution in [-0.2, 0) is 6.37 Å². The molecule has 1 nitrogen and oxygen atoms in total. The van der Waals surface area contributed by atoms with Crippen LogP contribution in [0, 0.1) is 5.82 Å². The SMILES string of the molecule is [2H]C([2H])(c1ccccc1)c1cc(-c2ccc(F)cc2)nc[c]1[Ge]([CH3])([CH3])[CH3]. The fraction of sp³-hybridized carbons (Fsp3) is 0.190. The summed E-state index contributed by atoms with van der Waals surface area (Å²) in [6.45, 7) is 0. The van der Waals surface area contributed by atoms with Crippen molar-refractivity contribution >= 4 is 17.7 Å². The van der Waals surface area contributed by atoms with Crippen molar-refractivity contribution in [1.82, 2.24) is 4.98 Å². The Balaban J connectivity index is 2.20. The third-order valence-electron chi connectivity index (χ3n) is 3.90. The zero-order valence-corrected chi connectivity index (χ0v) is 16.3. The second-order valence-electron chi connectivity index (χ2n) is 6.86. The maximum absolute atomic E-state index is 13.2. The molecule has 0 saturated heterocycles. The van der Waals surface area contributed by atoms with Crippen molar-refractivity contribution in [2.75, 3.05) is 0 Å². The van der Waals surface area contributed by atoms with Crippen molar-refractivity contribution in [3.05, 3.63) is 83.8 Å². The van der Waals surface area contributed by atoms with Gasteiger partial charge in [0.25, 0.3) is 0 Å². The van der Waals surface area contributed by atoms with Gasteiger partial charge in [-0.2, -0.15) is 0 Å². The predicted molar refractivity (Wildman–Crippen MR) is 102 cm³/mol. The van der Waals surface area contributed by atoms with Crippen molar-refractivity contribution in [2.24, 2.45) is 0 Å². The molecule has 0 amide bonds. The Labute approximate surface area is 148 Å². The van der Waals surface area contributed by atoms with Crippen molar-refractivity contribution < 1.29 is 7.13 Å². The average Bonchev–Trinajstić information content (AvgIpc) is 2.62. The van der Waals surface area contributed by atoms with Gasteiger partial charge in [0.2, 0.25) is 0 Å². The van der Waals surface area contributed by atoms with Gasteiger partial charge in [0.15, 0.2) is 0 Å². The molecule has 0 aliphatic carbocycles. The third-order valence-corrected chi connectivity index (χ3v) is 8.13. The molecule has 0 N–H and O–H groups in total. The summed E-state index contributed by atoms with van der Waals surface area (Å²) in [5, 5.41) is 0. The van der Waals surface area contributed by atoms with Gasteiger partial charge in [0, 0.05) is 0 Å². The summed E-state index contributed by atoms with van der Waals surface area (Å²) >= 11 is -2.36. The number of rotatable bonds is 4. The Hall–Kier alpha value is -1.94. The minimum atomic E-state index is -2.36. The molecular formula is C21H22FGeN. The van der Waals surface area contributed by atoms with Crippen LogP contribution < -0.4 is 4.40 Å². The van der Waals surface area contributed by atoms with E-state index in [-0.39, 0.29) is 5.82 Å². The first kappa shape index (κ1) is 14.4. The van der Waals surface area contributed by atoms with Crippen LogP contribution in [0.15, 0.2) is 66.9 Å². The van der Waals surface area contributed by atoms with Crippen LogP contribution in [0.3, 0.4) is 0 Å². The fourth-order valence-corrected chi connectivity index (χ4v) is 5.54. The van der Waals surface area contributed by atoms with E-state index >= 15 is 0 Å². The fourth-order valence-electron chi connectivity index (χ4n) is 2.61. The van der Waals surface area contributed by atoms with Crippen molar-refractivity contribution in [1.29, 1.82) is 0 Å². The normalized spacial score (nSPS) is 13.3. The Morgan fingerprint density at radius 1 is 1.00 bits per heavy atom. The summed E-state index contributed by atoms with van der Waals surface area (Å²) in [5.74, 6) is 6.41. The van der Waals surface area contributed by atoms with Gasteiger partial charge < -0.3 is 0 Å². The zero-order chi connectivity index (χ0) is 18.9. The number of hydrogen-bond donors (Lipinski definition) is 0. The van der Waals surface area contributed by atoms with Crippen LogP contribution in [0.25, 0.3) is 11.3 Å². The molecule has 0 aliphatic rings. The molecule has 0 spiro atoms. The summed E-state index contributed by atoms with van der Waals surface area (Å²) in [6, 6.07) is 17.2. The number of halogens is 1. The maximum atomic E-state index is 13.2. The molecule has 3 aromatic rings. The van der Waals surface area contributed by atoms with Gasteiger partial charge in [0.1, 0.15) is 0 Å². The van der Waals surface area contributed by atoms with Gasteiger partial charge in [-0.15, -0.1) is 0 Å². The third kappa shape index (κ3) is 3.93. The molecule has 1 aromatic heterocycles. The summed E-state index contributed by atoms with van der Waals surface area (Å²) in [4.78, 5) is 4.57. The van der Waals surface area contributed by atoms with Gasteiger partial charge in [0.05, 0.1) is 0 Å². The molecule has 3 rings (SSSR count). The van der Waals surface area contributed by atoms with E-state index < -0.39 is 19.6 Å². The van der Waals surface area contributed by atoms with E-state index in [9.17, 15) is 4.39 Å². The Bertz CT molecular complexity index is 904. The van der Waals surface area contributed by atoms with Crippen molar-refractivity contribution in [2.45, 2.75) is 23.6 Å². The van der Waals surface area contributed by atoms with Crippen molar-refractivity contribution in [3.8, 4) is 11.3 Å². The van der Waals surface area contributed by atoms with Gasteiger partial charge in [-0.3, -0.25) is 0 Å². The molecule has 2 aromatic carbocycles. The number of hydrogen-bond acceptors (Lipinski definition) is 1. The molecule has 0 radical (unpaired) electrons. The average molecular weight is 382 g/mol. The van der Waals surface area contributed by atoms with Crippen LogP contribution in [0.4, 0.5) is 4.39 Å². The van der Waals surface area contributed by atoms with Gasteiger partial charge in [-0.1, -0.05) is 0 Å². The Kier molecular flexibility index (Phi) is 4.14. The summed E-state index contributed by atoms with van der Waals surface area (Å²) in [6.07, 6.45) is 0.210. The molecular weight excluding hydrogens is 358 g/mol. The molecule has 0 atom stereocenters. The quantitative estimate of drug-likeness (QED) is 0.578. The Morgan fingerprint density at radius 2 is 1.67 bits per heavy atom. The molecule has 0 unspecified atom stereocenters. The number of pyridine rings is 1. The molecule has 1 heterocycles. The van der Waals surface area contributed by atoms with Crippen LogP contribution in [-0.4, -0.2) is 18.3 Å². The second-order valence-corrected chi connectivity index (χ2v) is 17.4. The molecule has 0 fully saturated rings. The molecule has 3 heteroatoms. The van der Waals surface area contributed by atoms with E-state index in [1.54, 1.807) is 12.1 Å². The summed E-state index contributed by atoms with van der Waals surface area (Å²) in [5.41, 5.74) is 2.74. The van der Waals surface area contributed by atoms with E-state index in [1.807, 2.05) is 42.6 Å². The van der Waals surface area contributed by atoms with Crippen LogP contribution in [0.5, 0.6) is 0 Å². The van der Waals surface area contributed by atoms with Crippen LogP contribution in [0.2, 0.25) is 17.3 Å². The van der Waals surface area contributed by atoms with E-state index in [2.05, 4.69) is 22.3 Å². The molecule has 24 heavy (non-hydrogen) atoms. The van der Waals surface area contributed by atoms with E-state index in [0.717, 1.165) is 9.96 Å². The van der Waals surface area contributed by atoms with Crippen LogP contribution >= 0.6 is 0 Å². The first-order chi connectivity index (χ1) is 12.2. The van der Waals surface area contributed by atoms with Crippen LogP contribution in [0.1, 0.15) is 13.9 Å². The van der Waals surface area contributed by atoms with Gasteiger partial charge in [-0.25, -0.2) is 0 Å². The number of nitrogens with zero attached hydrogens (tertiary/aromatic N) is 1. The zero-order valence-electron chi connectivity index (χ0n) is 16.2. The first-order valence-corrected chi connectivity index (χ1v) is 15.4. The summed E-state index contributed by atoms with van der Waals surface area (Å²) in [7, 11) is 0. The Morgan fingerprint density at radius 3 is 2.29 bits per heavy atom. The first-order valence-electron chi connectivity index (χ1n) is 9.02. The molecule has 0 bridgehead atoms. The van der Waals surface area contributed by atoms with Gasteiger partial charge >= 0.3 is 148 Å². The van der Waals surface area contributed by atoms with E-state index in [0.29, 0.717) is 16.8 Å². The monoisotopic (exact) mass is 383 g/mol. The van der Waals surface area contributed by atoms with E-state index in [1.165, 1.54) is 12.1 Å². The molecule has 0 aliphatic heterocycles. The standard InChI is InChI=1S/C21H22FGeN/c1-23(2,3)20-15-24-21(17-9-11-19(22)12-10-17)14-18(20)13-16-7-5-4-6-8-16/h4-12,14-15H,13H2,1-3H3/i13D2. The molecule has 0 saturated carbocycles. The predicted octanol–water partition coefficient (Wildman–Crippen LogP) is 5.02. The number of aromatic nitrogens is 1. The summed E-state index contributed by atoms with van der Waals surface area (Å²) < 4.78 is 31.9. The van der Waals surface area contributed by atoms with E-state index in [4.69, 9.17) is 2.74 Å². The van der Waals surface area contributed by atoms with Crippen molar-refractivity contribution in [3.63, 3.8) is 0 Å².